The van der Waals surface area contributed by atoms with E-state index in [0.717, 1.165) is 5.56 Å². The fourth-order valence-corrected chi connectivity index (χ4v) is 6.59. The molecule has 0 amide bonds. The zero-order valence-corrected chi connectivity index (χ0v) is 18.2. The molecule has 1 N–H and O–H groups in total. The summed E-state index contributed by atoms with van der Waals surface area (Å²) in [7, 11) is -7.25. The van der Waals surface area contributed by atoms with E-state index in [4.69, 9.17) is 0 Å². The van der Waals surface area contributed by atoms with Crippen LogP contribution in [-0.2, 0) is 20.0 Å². The molecule has 1 aromatic carbocycles. The van der Waals surface area contributed by atoms with E-state index < -0.39 is 20.0 Å². The third kappa shape index (κ3) is 5.74. The van der Waals surface area contributed by atoms with Crippen LogP contribution < -0.4 is 5.32 Å². The number of benzene rings is 1. The molecule has 1 aliphatic heterocycles. The van der Waals surface area contributed by atoms with E-state index in [1.165, 1.54) is 8.61 Å². The number of rotatable bonds is 8. The van der Waals surface area contributed by atoms with Gasteiger partial charge in [0, 0.05) is 39.3 Å². The third-order valence-electron chi connectivity index (χ3n) is 4.60. The van der Waals surface area contributed by atoms with Crippen LogP contribution in [0.2, 0.25) is 0 Å². The molecule has 1 saturated heterocycles. The number of nitrogens with zero attached hydrogens (tertiary/aromatic N) is 2. The molecule has 0 spiro atoms. The fourth-order valence-electron chi connectivity index (χ4n) is 3.11. The van der Waals surface area contributed by atoms with Crippen molar-refractivity contribution in [2.75, 3.05) is 45.0 Å². The summed E-state index contributed by atoms with van der Waals surface area (Å²) < 4.78 is 54.5. The van der Waals surface area contributed by atoms with Crippen LogP contribution in [0.5, 0.6) is 0 Å². The maximum absolute atomic E-state index is 13.2. The molecule has 0 saturated carbocycles. The van der Waals surface area contributed by atoms with Gasteiger partial charge in [0.2, 0.25) is 20.0 Å². The third-order valence-corrected chi connectivity index (χ3v) is 8.46. The lowest BCUT2D eigenvalue weighted by Crippen LogP contribution is -2.48. The van der Waals surface area contributed by atoms with E-state index in [0.29, 0.717) is 31.7 Å². The second-order valence-electron chi connectivity index (χ2n) is 7.49. The van der Waals surface area contributed by atoms with Crippen LogP contribution in [0.4, 0.5) is 0 Å². The Labute approximate surface area is 163 Å². The molecule has 0 aromatic heterocycles. The molecular formula is C18H31N3O4S2. The van der Waals surface area contributed by atoms with E-state index in [1.54, 1.807) is 19.1 Å². The number of aryl methyl sites for hydroxylation is 2. The van der Waals surface area contributed by atoms with Gasteiger partial charge >= 0.3 is 0 Å². The van der Waals surface area contributed by atoms with Gasteiger partial charge in [-0.1, -0.05) is 26.0 Å². The van der Waals surface area contributed by atoms with Crippen molar-refractivity contribution < 1.29 is 16.8 Å². The Bertz CT molecular complexity index is 845. The normalized spacial score (nSPS) is 17.0. The predicted molar refractivity (Wildman–Crippen MR) is 108 cm³/mol. The number of piperazine rings is 1. The van der Waals surface area contributed by atoms with Crippen LogP contribution in [0, 0.1) is 19.8 Å². The van der Waals surface area contributed by atoms with E-state index in [1.807, 2.05) is 26.8 Å². The smallest absolute Gasteiger partial charge is 0.243 e. The van der Waals surface area contributed by atoms with Gasteiger partial charge in [0.1, 0.15) is 0 Å². The number of nitrogens with one attached hydrogen (secondary N) is 1. The highest BCUT2D eigenvalue weighted by Gasteiger charge is 2.30. The summed E-state index contributed by atoms with van der Waals surface area (Å²) >= 11 is 0. The average molecular weight is 418 g/mol. The van der Waals surface area contributed by atoms with Crippen LogP contribution in [0.25, 0.3) is 0 Å². The fraction of sp³-hybridized carbons (Fsp3) is 0.667. The quantitative estimate of drug-likeness (QED) is 0.686. The second kappa shape index (κ2) is 9.00. The van der Waals surface area contributed by atoms with Crippen molar-refractivity contribution in [3.05, 3.63) is 29.3 Å². The van der Waals surface area contributed by atoms with Crippen LogP contribution in [-0.4, -0.2) is 70.5 Å². The molecule has 7 nitrogen and oxygen atoms in total. The Morgan fingerprint density at radius 1 is 1.11 bits per heavy atom. The Morgan fingerprint density at radius 3 is 2.33 bits per heavy atom. The first-order chi connectivity index (χ1) is 12.5. The van der Waals surface area contributed by atoms with Gasteiger partial charge in [-0.15, -0.1) is 0 Å². The van der Waals surface area contributed by atoms with E-state index >= 15 is 0 Å². The summed E-state index contributed by atoms with van der Waals surface area (Å²) in [6.07, 6.45) is 0. The van der Waals surface area contributed by atoms with Gasteiger partial charge in [0.05, 0.1) is 10.6 Å². The Balaban J connectivity index is 2.25. The highest BCUT2D eigenvalue weighted by Crippen LogP contribution is 2.22. The molecule has 27 heavy (non-hydrogen) atoms. The summed E-state index contributed by atoms with van der Waals surface area (Å²) in [6, 6.07) is 5.31. The summed E-state index contributed by atoms with van der Waals surface area (Å²) in [5.74, 6) is -0.115. The highest BCUT2D eigenvalue weighted by atomic mass is 32.2. The second-order valence-corrected chi connectivity index (χ2v) is 11.5. The minimum absolute atomic E-state index is 0.0415. The van der Waals surface area contributed by atoms with Crippen LogP contribution >= 0.6 is 0 Å². The largest absolute Gasteiger partial charge is 0.314 e. The van der Waals surface area contributed by atoms with Crippen molar-refractivity contribution in [2.24, 2.45) is 5.92 Å². The van der Waals surface area contributed by atoms with E-state index in [-0.39, 0.29) is 29.7 Å². The monoisotopic (exact) mass is 417 g/mol. The summed E-state index contributed by atoms with van der Waals surface area (Å²) in [4.78, 5) is 0.253. The van der Waals surface area contributed by atoms with Crippen LogP contribution in [0.1, 0.15) is 25.0 Å². The van der Waals surface area contributed by atoms with Crippen LogP contribution in [0.15, 0.2) is 23.1 Å². The molecule has 1 fully saturated rings. The first-order valence-electron chi connectivity index (χ1n) is 9.30. The Morgan fingerprint density at radius 2 is 1.74 bits per heavy atom. The summed E-state index contributed by atoms with van der Waals surface area (Å²) in [5.41, 5.74) is 1.52. The molecule has 0 atom stereocenters. The lowest BCUT2D eigenvalue weighted by molar-refractivity contribution is 0.351. The molecule has 0 bridgehead atoms. The van der Waals surface area contributed by atoms with Gasteiger partial charge in [-0.3, -0.25) is 0 Å². The van der Waals surface area contributed by atoms with Crippen LogP contribution in [0.3, 0.4) is 0 Å². The van der Waals surface area contributed by atoms with Gasteiger partial charge in [0.25, 0.3) is 0 Å². The van der Waals surface area contributed by atoms with Crippen molar-refractivity contribution in [1.29, 1.82) is 0 Å². The maximum atomic E-state index is 13.2. The molecular weight excluding hydrogens is 386 g/mol. The molecule has 0 unspecified atom stereocenters. The van der Waals surface area contributed by atoms with Gasteiger partial charge < -0.3 is 5.32 Å². The van der Waals surface area contributed by atoms with Crippen molar-refractivity contribution in [3.63, 3.8) is 0 Å². The first kappa shape index (κ1) is 22.3. The molecule has 1 aliphatic rings. The van der Waals surface area contributed by atoms with E-state index in [9.17, 15) is 16.8 Å². The predicted octanol–water partition coefficient (Wildman–Crippen LogP) is 1.19. The Kier molecular flexibility index (Phi) is 7.43. The highest BCUT2D eigenvalue weighted by molar-refractivity contribution is 7.90. The van der Waals surface area contributed by atoms with Gasteiger partial charge in [-0.2, -0.15) is 8.61 Å². The molecule has 0 radical (unpaired) electrons. The van der Waals surface area contributed by atoms with Gasteiger partial charge in [0.15, 0.2) is 0 Å². The van der Waals surface area contributed by atoms with Gasteiger partial charge in [-0.05, 0) is 37.0 Å². The topological polar surface area (TPSA) is 86.8 Å². The van der Waals surface area contributed by atoms with Gasteiger partial charge in [-0.25, -0.2) is 16.8 Å². The molecule has 0 aliphatic carbocycles. The minimum Gasteiger partial charge on any atom is -0.314 e. The lowest BCUT2D eigenvalue weighted by atomic mass is 10.2. The number of hydrogen-bond acceptors (Lipinski definition) is 5. The Hall–Kier alpha value is -1.00. The maximum Gasteiger partial charge on any atom is 0.243 e. The number of sulfonamides is 2. The summed E-state index contributed by atoms with van der Waals surface area (Å²) in [6.45, 7) is 9.80. The molecule has 1 aromatic rings. The van der Waals surface area contributed by atoms with Crippen molar-refractivity contribution in [3.8, 4) is 0 Å². The zero-order chi connectivity index (χ0) is 20.2. The standard InChI is InChI=1S/C18H31N3O4S2/c1-15(2)14-21(11-12-26(22,23)20-9-7-19-8-10-20)27(24,25)18-13-16(3)5-6-17(18)4/h5-6,13,15,19H,7-12,14H2,1-4H3. The molecule has 154 valence electrons. The SMILES string of the molecule is Cc1ccc(C)c(S(=O)(=O)N(CCS(=O)(=O)N2CCNCC2)CC(C)C)c1. The van der Waals surface area contributed by atoms with E-state index in [2.05, 4.69) is 5.32 Å². The average Bonchev–Trinajstić information content (AvgIpc) is 2.61. The zero-order valence-electron chi connectivity index (χ0n) is 16.6. The molecule has 2 rings (SSSR count). The first-order valence-corrected chi connectivity index (χ1v) is 12.3. The van der Waals surface area contributed by atoms with Crippen molar-refractivity contribution >= 4 is 20.0 Å². The molecule has 1 heterocycles. The summed E-state index contributed by atoms with van der Waals surface area (Å²) in [5, 5.41) is 3.12. The molecule has 9 heteroatoms. The number of hydrogen-bond donors (Lipinski definition) is 1. The van der Waals surface area contributed by atoms with Crippen molar-refractivity contribution in [1.82, 2.24) is 13.9 Å². The minimum atomic E-state index is -3.76. The lowest BCUT2D eigenvalue weighted by Gasteiger charge is -2.29. The van der Waals surface area contributed by atoms with Crippen molar-refractivity contribution in [2.45, 2.75) is 32.6 Å².